The Balaban J connectivity index is 1.97. The van der Waals surface area contributed by atoms with Crippen LogP contribution in [0.1, 0.15) is 19.3 Å². The number of carboxylic acid groups (broad SMARTS) is 1. The molecule has 1 unspecified atom stereocenters. The van der Waals surface area contributed by atoms with Gasteiger partial charge in [-0.05, 0) is 19.3 Å². The molecule has 0 bridgehead atoms. The SMILES string of the molecule is C=CCOC(=O)N1CCC2(CC1)CC(C(=O)O)S2(=O)=O. The number of carbonyl (C=O) groups is 2. The van der Waals surface area contributed by atoms with Gasteiger partial charge in [-0.1, -0.05) is 12.7 Å². The van der Waals surface area contributed by atoms with Crippen molar-refractivity contribution in [2.45, 2.75) is 29.3 Å². The zero-order valence-electron chi connectivity index (χ0n) is 10.9. The molecule has 112 valence electrons. The molecule has 0 aliphatic carbocycles. The molecular weight excluding hydrogens is 286 g/mol. The van der Waals surface area contributed by atoms with Crippen LogP contribution in [0.25, 0.3) is 0 Å². The number of aliphatic carboxylic acids is 1. The van der Waals surface area contributed by atoms with E-state index in [1.54, 1.807) is 0 Å². The van der Waals surface area contributed by atoms with Crippen LogP contribution in [0.4, 0.5) is 4.79 Å². The first-order valence-corrected chi connectivity index (χ1v) is 7.87. The molecule has 0 aromatic rings. The van der Waals surface area contributed by atoms with E-state index in [9.17, 15) is 18.0 Å². The number of carbonyl (C=O) groups excluding carboxylic acids is 1. The minimum Gasteiger partial charge on any atom is -0.480 e. The summed E-state index contributed by atoms with van der Waals surface area (Å²) in [4.78, 5) is 23.9. The number of likely N-dealkylation sites (tertiary alicyclic amines) is 1. The van der Waals surface area contributed by atoms with Crippen LogP contribution in [-0.4, -0.2) is 60.2 Å². The number of sulfone groups is 1. The number of piperidine rings is 1. The van der Waals surface area contributed by atoms with Crippen molar-refractivity contribution in [3.05, 3.63) is 12.7 Å². The van der Waals surface area contributed by atoms with Crippen LogP contribution >= 0.6 is 0 Å². The Kier molecular flexibility index (Phi) is 3.77. The average Bonchev–Trinajstić information content (AvgIpc) is 2.42. The summed E-state index contributed by atoms with van der Waals surface area (Å²) in [6.45, 7) is 4.08. The minimum absolute atomic E-state index is 0.111. The van der Waals surface area contributed by atoms with E-state index < -0.39 is 31.9 Å². The van der Waals surface area contributed by atoms with Crippen molar-refractivity contribution < 1.29 is 27.9 Å². The summed E-state index contributed by atoms with van der Waals surface area (Å²) in [6, 6.07) is 0. The van der Waals surface area contributed by atoms with Gasteiger partial charge in [-0.2, -0.15) is 0 Å². The Labute approximate surface area is 117 Å². The van der Waals surface area contributed by atoms with Crippen molar-refractivity contribution in [1.82, 2.24) is 4.90 Å². The first kappa shape index (κ1) is 14.8. The first-order valence-electron chi connectivity index (χ1n) is 6.33. The first-order chi connectivity index (χ1) is 9.34. The maximum Gasteiger partial charge on any atom is 0.410 e. The van der Waals surface area contributed by atoms with Crippen LogP contribution in [0.5, 0.6) is 0 Å². The van der Waals surface area contributed by atoms with E-state index in [-0.39, 0.29) is 39.0 Å². The van der Waals surface area contributed by atoms with Crippen molar-refractivity contribution in [2.24, 2.45) is 0 Å². The number of carboxylic acids is 1. The third kappa shape index (κ3) is 2.17. The zero-order valence-corrected chi connectivity index (χ0v) is 11.8. The Hall–Kier alpha value is -1.57. The highest BCUT2D eigenvalue weighted by molar-refractivity contribution is 7.95. The fourth-order valence-corrected chi connectivity index (χ4v) is 5.05. The molecule has 1 spiro atoms. The standard InChI is InChI=1S/C12H17NO6S/c1-2-7-19-11(16)13-5-3-12(4-6-13)8-9(10(14)15)20(12,17)18/h2,9H,1,3-8H2,(H,14,15). The molecule has 20 heavy (non-hydrogen) atoms. The molecule has 2 aliphatic heterocycles. The Morgan fingerprint density at radius 3 is 2.45 bits per heavy atom. The van der Waals surface area contributed by atoms with Crippen molar-refractivity contribution in [3.63, 3.8) is 0 Å². The molecule has 2 heterocycles. The van der Waals surface area contributed by atoms with Gasteiger partial charge in [0.1, 0.15) is 6.61 Å². The van der Waals surface area contributed by atoms with Crippen molar-refractivity contribution in [3.8, 4) is 0 Å². The van der Waals surface area contributed by atoms with Gasteiger partial charge in [0, 0.05) is 13.1 Å². The van der Waals surface area contributed by atoms with Crippen LogP contribution < -0.4 is 0 Å². The van der Waals surface area contributed by atoms with E-state index in [4.69, 9.17) is 9.84 Å². The smallest absolute Gasteiger partial charge is 0.410 e. The van der Waals surface area contributed by atoms with Crippen LogP contribution in [0, 0.1) is 0 Å². The lowest BCUT2D eigenvalue weighted by atomic mass is 9.89. The summed E-state index contributed by atoms with van der Waals surface area (Å²) in [6.07, 6.45) is 1.63. The van der Waals surface area contributed by atoms with E-state index in [1.165, 1.54) is 11.0 Å². The van der Waals surface area contributed by atoms with Gasteiger partial charge in [-0.25, -0.2) is 13.2 Å². The monoisotopic (exact) mass is 303 g/mol. The summed E-state index contributed by atoms with van der Waals surface area (Å²) in [5, 5.41) is 7.56. The number of rotatable bonds is 3. The van der Waals surface area contributed by atoms with E-state index in [0.29, 0.717) is 0 Å². The van der Waals surface area contributed by atoms with Crippen LogP contribution in [0.2, 0.25) is 0 Å². The molecule has 2 rings (SSSR count). The highest BCUT2D eigenvalue weighted by Gasteiger charge is 2.62. The fourth-order valence-electron chi connectivity index (χ4n) is 2.79. The second-order valence-corrected chi connectivity index (χ2v) is 7.64. The summed E-state index contributed by atoms with van der Waals surface area (Å²) >= 11 is 0. The third-order valence-electron chi connectivity index (χ3n) is 4.07. The fraction of sp³-hybridized carbons (Fsp3) is 0.667. The zero-order chi connectivity index (χ0) is 15.0. The summed E-state index contributed by atoms with van der Waals surface area (Å²) < 4.78 is 28.1. The molecule has 0 radical (unpaired) electrons. The van der Waals surface area contributed by atoms with Gasteiger partial charge in [0.15, 0.2) is 15.1 Å². The number of hydrogen-bond acceptors (Lipinski definition) is 5. The predicted octanol–water partition coefficient (Wildman–Crippen LogP) is 0.415. The quantitative estimate of drug-likeness (QED) is 0.758. The lowest BCUT2D eigenvalue weighted by molar-refractivity contribution is -0.137. The largest absolute Gasteiger partial charge is 0.480 e. The molecular formula is C12H17NO6S. The van der Waals surface area contributed by atoms with Gasteiger partial charge < -0.3 is 14.7 Å². The van der Waals surface area contributed by atoms with Crippen LogP contribution in [0.15, 0.2) is 12.7 Å². The predicted molar refractivity (Wildman–Crippen MR) is 70.0 cm³/mol. The van der Waals surface area contributed by atoms with Gasteiger partial charge in [-0.15, -0.1) is 0 Å². The van der Waals surface area contributed by atoms with Crippen molar-refractivity contribution in [1.29, 1.82) is 0 Å². The number of nitrogens with zero attached hydrogens (tertiary/aromatic N) is 1. The lowest BCUT2D eigenvalue weighted by Gasteiger charge is -2.49. The number of amides is 1. The van der Waals surface area contributed by atoms with Crippen LogP contribution in [0.3, 0.4) is 0 Å². The Bertz CT molecular complexity index is 532. The van der Waals surface area contributed by atoms with E-state index in [2.05, 4.69) is 6.58 Å². The number of ether oxygens (including phenoxy) is 1. The average molecular weight is 303 g/mol. The summed E-state index contributed by atoms with van der Waals surface area (Å²) in [5.74, 6) is -1.29. The molecule has 2 saturated heterocycles. The van der Waals surface area contributed by atoms with E-state index >= 15 is 0 Å². The molecule has 1 N–H and O–H groups in total. The van der Waals surface area contributed by atoms with E-state index in [1.807, 2.05) is 0 Å². The highest BCUT2D eigenvalue weighted by atomic mass is 32.2. The molecule has 8 heteroatoms. The molecule has 0 aromatic carbocycles. The van der Waals surface area contributed by atoms with Gasteiger partial charge in [0.2, 0.25) is 0 Å². The van der Waals surface area contributed by atoms with Gasteiger partial charge in [0.25, 0.3) is 0 Å². The van der Waals surface area contributed by atoms with Gasteiger partial charge in [0.05, 0.1) is 4.75 Å². The molecule has 1 atom stereocenters. The third-order valence-corrected chi connectivity index (χ3v) is 6.97. The van der Waals surface area contributed by atoms with Crippen LogP contribution in [-0.2, 0) is 19.4 Å². The minimum atomic E-state index is -3.65. The Morgan fingerprint density at radius 1 is 1.40 bits per heavy atom. The summed E-state index contributed by atoms with van der Waals surface area (Å²) in [7, 11) is -3.65. The maximum atomic E-state index is 12.1. The number of hydrogen-bond donors (Lipinski definition) is 1. The molecule has 2 aliphatic rings. The highest BCUT2D eigenvalue weighted by Crippen LogP contribution is 2.47. The topological polar surface area (TPSA) is 101 Å². The Morgan fingerprint density at radius 2 is 2.00 bits per heavy atom. The summed E-state index contributed by atoms with van der Waals surface area (Å²) in [5.41, 5.74) is 0. The van der Waals surface area contributed by atoms with E-state index in [0.717, 1.165) is 0 Å². The second-order valence-electron chi connectivity index (χ2n) is 5.11. The maximum absolute atomic E-state index is 12.1. The second kappa shape index (κ2) is 5.08. The normalized spacial score (nSPS) is 26.6. The molecule has 0 aromatic heterocycles. The van der Waals surface area contributed by atoms with Crippen molar-refractivity contribution in [2.75, 3.05) is 19.7 Å². The molecule has 2 fully saturated rings. The molecule has 0 saturated carbocycles. The van der Waals surface area contributed by atoms with Gasteiger partial charge in [-0.3, -0.25) is 4.79 Å². The van der Waals surface area contributed by atoms with Crippen molar-refractivity contribution >= 4 is 21.9 Å². The van der Waals surface area contributed by atoms with Gasteiger partial charge >= 0.3 is 12.1 Å². The molecule has 1 amide bonds. The lowest BCUT2D eigenvalue weighted by Crippen LogP contribution is -2.64. The molecule has 7 nitrogen and oxygen atoms in total.